The molecule has 3 rings (SSSR count). The third-order valence-electron chi connectivity index (χ3n) is 4.77. The van der Waals surface area contributed by atoms with Crippen LogP contribution in [0, 0.1) is 12.5 Å². The SMILES string of the molecule is [C-]#[N+]c1ccc(/C=C/c2cc(CNCC3CCNC3)cc(OCC=C)c2)cc1. The van der Waals surface area contributed by atoms with E-state index in [9.17, 15) is 0 Å². The highest BCUT2D eigenvalue weighted by Gasteiger charge is 2.13. The van der Waals surface area contributed by atoms with E-state index in [2.05, 4.69) is 46.3 Å². The molecule has 1 aliphatic rings. The maximum Gasteiger partial charge on any atom is 0.187 e. The number of nitrogens with zero attached hydrogens (tertiary/aromatic N) is 1. The molecule has 0 bridgehead atoms. The van der Waals surface area contributed by atoms with Crippen LogP contribution in [0.3, 0.4) is 0 Å². The normalized spacial score (nSPS) is 16.2. The lowest BCUT2D eigenvalue weighted by Crippen LogP contribution is -2.24. The maximum atomic E-state index is 7.04. The molecule has 1 unspecified atom stereocenters. The summed E-state index contributed by atoms with van der Waals surface area (Å²) in [4.78, 5) is 3.43. The zero-order valence-corrected chi connectivity index (χ0v) is 16.2. The quantitative estimate of drug-likeness (QED) is 0.381. The average Bonchev–Trinajstić information content (AvgIpc) is 3.24. The molecule has 2 aromatic rings. The zero-order chi connectivity index (χ0) is 19.6. The van der Waals surface area contributed by atoms with Gasteiger partial charge in [0.1, 0.15) is 12.4 Å². The Morgan fingerprint density at radius 1 is 1.18 bits per heavy atom. The van der Waals surface area contributed by atoms with Crippen LogP contribution in [0.15, 0.2) is 55.1 Å². The Labute approximate surface area is 167 Å². The summed E-state index contributed by atoms with van der Waals surface area (Å²) in [7, 11) is 0. The Morgan fingerprint density at radius 3 is 2.71 bits per heavy atom. The first-order valence-corrected chi connectivity index (χ1v) is 9.71. The minimum atomic E-state index is 0.492. The molecule has 0 spiro atoms. The summed E-state index contributed by atoms with van der Waals surface area (Å²) in [5.41, 5.74) is 4.02. The van der Waals surface area contributed by atoms with Gasteiger partial charge in [0.2, 0.25) is 0 Å². The summed E-state index contributed by atoms with van der Waals surface area (Å²) in [6.07, 6.45) is 7.14. The molecular weight excluding hydrogens is 346 g/mol. The van der Waals surface area contributed by atoms with Gasteiger partial charge in [0.05, 0.1) is 6.57 Å². The van der Waals surface area contributed by atoms with Crippen molar-refractivity contribution < 1.29 is 4.74 Å². The molecule has 0 amide bonds. The third-order valence-corrected chi connectivity index (χ3v) is 4.77. The van der Waals surface area contributed by atoms with Crippen molar-refractivity contribution in [3.63, 3.8) is 0 Å². The van der Waals surface area contributed by atoms with Crippen molar-refractivity contribution in [2.75, 3.05) is 26.2 Å². The Balaban J connectivity index is 1.69. The van der Waals surface area contributed by atoms with Crippen LogP contribution < -0.4 is 15.4 Å². The first kappa shape index (κ1) is 19.9. The predicted octanol–water partition coefficient (Wildman–Crippen LogP) is 4.67. The van der Waals surface area contributed by atoms with Gasteiger partial charge in [0, 0.05) is 6.54 Å². The molecule has 144 valence electrons. The first-order chi connectivity index (χ1) is 13.8. The molecule has 0 aliphatic carbocycles. The van der Waals surface area contributed by atoms with Gasteiger partial charge in [0.25, 0.3) is 0 Å². The molecule has 1 saturated heterocycles. The van der Waals surface area contributed by atoms with Gasteiger partial charge in [-0.25, -0.2) is 4.85 Å². The topological polar surface area (TPSA) is 37.7 Å². The second-order valence-electron chi connectivity index (χ2n) is 7.04. The van der Waals surface area contributed by atoms with E-state index in [1.54, 1.807) is 6.08 Å². The van der Waals surface area contributed by atoms with E-state index in [0.717, 1.165) is 49.0 Å². The van der Waals surface area contributed by atoms with Crippen LogP contribution in [0.25, 0.3) is 17.0 Å². The molecule has 1 heterocycles. The van der Waals surface area contributed by atoms with Crippen molar-refractivity contribution in [3.8, 4) is 5.75 Å². The average molecular weight is 374 g/mol. The molecule has 2 aromatic carbocycles. The van der Waals surface area contributed by atoms with E-state index in [1.165, 1.54) is 12.0 Å². The second kappa shape index (κ2) is 10.5. The fraction of sp³-hybridized carbons (Fsp3) is 0.292. The van der Waals surface area contributed by atoms with Crippen LogP contribution in [0.5, 0.6) is 5.75 Å². The number of rotatable bonds is 9. The molecule has 0 aromatic heterocycles. The fourth-order valence-corrected chi connectivity index (χ4v) is 3.28. The Bertz CT molecular complexity index is 843. The molecule has 28 heavy (non-hydrogen) atoms. The number of benzene rings is 2. The van der Waals surface area contributed by atoms with Crippen LogP contribution in [0.1, 0.15) is 23.1 Å². The summed E-state index contributed by atoms with van der Waals surface area (Å²) in [6, 6.07) is 13.9. The van der Waals surface area contributed by atoms with E-state index in [0.29, 0.717) is 12.3 Å². The third kappa shape index (κ3) is 6.09. The molecule has 4 nitrogen and oxygen atoms in total. The molecule has 4 heteroatoms. The monoisotopic (exact) mass is 373 g/mol. The van der Waals surface area contributed by atoms with E-state index in [1.807, 2.05) is 30.3 Å². The lowest BCUT2D eigenvalue weighted by Gasteiger charge is -2.12. The van der Waals surface area contributed by atoms with Gasteiger partial charge in [-0.2, -0.15) is 0 Å². The van der Waals surface area contributed by atoms with E-state index in [-0.39, 0.29) is 0 Å². The molecule has 2 N–H and O–H groups in total. The van der Waals surface area contributed by atoms with Crippen molar-refractivity contribution >= 4 is 17.8 Å². The second-order valence-corrected chi connectivity index (χ2v) is 7.04. The van der Waals surface area contributed by atoms with Crippen LogP contribution in [-0.2, 0) is 6.54 Å². The van der Waals surface area contributed by atoms with Gasteiger partial charge in [-0.15, -0.1) is 0 Å². The van der Waals surface area contributed by atoms with Gasteiger partial charge in [-0.1, -0.05) is 55.1 Å². The predicted molar refractivity (Wildman–Crippen MR) is 116 cm³/mol. The lowest BCUT2D eigenvalue weighted by atomic mass is 10.1. The Hall–Kier alpha value is -2.87. The summed E-state index contributed by atoms with van der Waals surface area (Å²) in [6.45, 7) is 15.3. The minimum absolute atomic E-state index is 0.492. The van der Waals surface area contributed by atoms with E-state index >= 15 is 0 Å². The van der Waals surface area contributed by atoms with E-state index in [4.69, 9.17) is 11.3 Å². The molecule has 1 atom stereocenters. The minimum Gasteiger partial charge on any atom is -0.490 e. The summed E-state index contributed by atoms with van der Waals surface area (Å²) < 4.78 is 5.78. The first-order valence-electron chi connectivity index (χ1n) is 9.71. The van der Waals surface area contributed by atoms with Crippen LogP contribution in [0.2, 0.25) is 0 Å². The smallest absolute Gasteiger partial charge is 0.187 e. The summed E-state index contributed by atoms with van der Waals surface area (Å²) >= 11 is 0. The largest absolute Gasteiger partial charge is 0.490 e. The molecule has 0 radical (unpaired) electrons. The van der Waals surface area contributed by atoms with Crippen molar-refractivity contribution in [2.45, 2.75) is 13.0 Å². The molecule has 0 saturated carbocycles. The van der Waals surface area contributed by atoms with Crippen molar-refractivity contribution in [1.29, 1.82) is 0 Å². The van der Waals surface area contributed by atoms with Crippen molar-refractivity contribution in [1.82, 2.24) is 10.6 Å². The molecule has 1 fully saturated rings. The number of ether oxygens (including phenoxy) is 1. The van der Waals surface area contributed by atoms with Crippen LogP contribution >= 0.6 is 0 Å². The highest BCUT2D eigenvalue weighted by atomic mass is 16.5. The Morgan fingerprint density at radius 2 is 2.00 bits per heavy atom. The van der Waals surface area contributed by atoms with Gasteiger partial charge >= 0.3 is 0 Å². The van der Waals surface area contributed by atoms with Crippen LogP contribution in [-0.4, -0.2) is 26.2 Å². The van der Waals surface area contributed by atoms with Crippen molar-refractivity contribution in [3.05, 3.63) is 83.2 Å². The van der Waals surface area contributed by atoms with Gasteiger partial charge in [-0.05, 0) is 60.8 Å². The van der Waals surface area contributed by atoms with Gasteiger partial charge < -0.3 is 15.4 Å². The highest BCUT2D eigenvalue weighted by Crippen LogP contribution is 2.21. The van der Waals surface area contributed by atoms with Crippen molar-refractivity contribution in [2.24, 2.45) is 5.92 Å². The standard InChI is InChI=1S/C24H27N3O/c1-3-12-28-24-14-20(5-4-19-6-8-23(25-2)9-7-19)13-22(15-24)18-27-17-21-10-11-26-16-21/h3-9,13-15,21,26-27H,1,10-12,16-18H2/b5-4+. The molecule has 1 aliphatic heterocycles. The lowest BCUT2D eigenvalue weighted by molar-refractivity contribution is 0.362. The maximum absolute atomic E-state index is 7.04. The number of nitrogens with one attached hydrogen (secondary N) is 2. The fourth-order valence-electron chi connectivity index (χ4n) is 3.28. The summed E-state index contributed by atoms with van der Waals surface area (Å²) in [5.74, 6) is 1.57. The Kier molecular flexibility index (Phi) is 7.43. The van der Waals surface area contributed by atoms with Gasteiger partial charge in [-0.3, -0.25) is 0 Å². The highest BCUT2D eigenvalue weighted by molar-refractivity contribution is 5.71. The van der Waals surface area contributed by atoms with Crippen LogP contribution in [0.4, 0.5) is 5.69 Å². The van der Waals surface area contributed by atoms with E-state index < -0.39 is 0 Å². The number of hydrogen-bond acceptors (Lipinski definition) is 3. The zero-order valence-electron chi connectivity index (χ0n) is 16.2. The van der Waals surface area contributed by atoms with Gasteiger partial charge in [0.15, 0.2) is 5.69 Å². The number of hydrogen-bond donors (Lipinski definition) is 2. The molecular formula is C24H27N3O. The summed E-state index contributed by atoms with van der Waals surface area (Å²) in [5, 5.41) is 6.98.